The van der Waals surface area contributed by atoms with E-state index in [-0.39, 0.29) is 30.4 Å². The van der Waals surface area contributed by atoms with Crippen LogP contribution in [0, 0.1) is 0 Å². The minimum absolute atomic E-state index is 0.0191. The van der Waals surface area contributed by atoms with E-state index >= 15 is 0 Å². The fraction of sp³-hybridized carbons (Fsp3) is 0.409. The Morgan fingerprint density at radius 1 is 1.12 bits per heavy atom. The molecule has 2 aromatic rings. The number of hydrogen-bond acceptors (Lipinski definition) is 7. The quantitative estimate of drug-likeness (QED) is 0.604. The Hall–Kier alpha value is -3.70. The first-order valence-corrected chi connectivity index (χ1v) is 10.8. The summed E-state index contributed by atoms with van der Waals surface area (Å²) in [6, 6.07) is 3.13. The smallest absolute Gasteiger partial charge is 0.416 e. The molecule has 0 spiro atoms. The molecule has 0 saturated carbocycles. The minimum Gasteiger partial charge on any atom is -0.493 e. The van der Waals surface area contributed by atoms with Crippen LogP contribution in [0.5, 0.6) is 5.75 Å². The van der Waals surface area contributed by atoms with Crippen LogP contribution in [0.1, 0.15) is 36.3 Å². The first kappa shape index (κ1) is 23.5. The molecule has 4 rings (SSSR count). The molecule has 3 heterocycles. The number of nitrogens with zero attached hydrogens (tertiary/aromatic N) is 4. The van der Waals surface area contributed by atoms with E-state index in [2.05, 4.69) is 25.6 Å². The maximum absolute atomic E-state index is 13.4. The molecule has 12 heteroatoms. The number of aliphatic imine (C=N–C) groups is 1. The van der Waals surface area contributed by atoms with Crippen molar-refractivity contribution in [2.24, 2.45) is 4.99 Å². The molecule has 1 atom stereocenters. The van der Waals surface area contributed by atoms with E-state index in [4.69, 9.17) is 4.74 Å². The Labute approximate surface area is 193 Å². The van der Waals surface area contributed by atoms with Crippen molar-refractivity contribution in [2.45, 2.75) is 31.4 Å². The van der Waals surface area contributed by atoms with E-state index in [1.807, 2.05) is 0 Å². The average Bonchev–Trinajstić information content (AvgIpc) is 3.12. The Morgan fingerprint density at radius 2 is 1.91 bits per heavy atom. The molecule has 180 valence electrons. The van der Waals surface area contributed by atoms with Crippen molar-refractivity contribution in [1.82, 2.24) is 14.9 Å². The van der Waals surface area contributed by atoms with Crippen molar-refractivity contribution in [3.05, 3.63) is 35.7 Å². The number of nitrogens with one attached hydrogen (secondary N) is 2. The lowest BCUT2D eigenvalue weighted by atomic mass is 10.0. The first-order valence-electron chi connectivity index (χ1n) is 10.8. The topological polar surface area (TPSA) is 109 Å². The number of carbonyl (C=O) groups excluding carboxylic acids is 2. The van der Waals surface area contributed by atoms with Gasteiger partial charge in [0.2, 0.25) is 11.8 Å². The predicted octanol–water partition coefficient (Wildman–Crippen LogP) is 3.37. The van der Waals surface area contributed by atoms with Gasteiger partial charge in [0.05, 0.1) is 23.4 Å². The fourth-order valence-corrected chi connectivity index (χ4v) is 3.72. The van der Waals surface area contributed by atoms with Gasteiger partial charge in [-0.25, -0.2) is 9.97 Å². The van der Waals surface area contributed by atoms with Crippen LogP contribution < -0.4 is 15.4 Å². The Morgan fingerprint density at radius 3 is 2.71 bits per heavy atom. The summed E-state index contributed by atoms with van der Waals surface area (Å²) in [4.78, 5) is 38.9. The number of benzene rings is 1. The molecule has 0 radical (unpaired) electrons. The Bertz CT molecular complexity index is 1120. The number of aromatic nitrogens is 2. The number of rotatable bonds is 0. The van der Waals surface area contributed by atoms with Crippen LogP contribution >= 0.6 is 0 Å². The van der Waals surface area contributed by atoms with Crippen LogP contribution in [0.2, 0.25) is 0 Å². The molecule has 2 aliphatic heterocycles. The second kappa shape index (κ2) is 9.65. The molecule has 0 aliphatic carbocycles. The van der Waals surface area contributed by atoms with E-state index in [1.165, 1.54) is 18.6 Å². The highest BCUT2D eigenvalue weighted by Crippen LogP contribution is 2.37. The summed E-state index contributed by atoms with van der Waals surface area (Å²) < 4.78 is 45.8. The largest absolute Gasteiger partial charge is 0.493 e. The van der Waals surface area contributed by atoms with Crippen LogP contribution in [-0.2, 0) is 15.8 Å². The second-order valence-electron chi connectivity index (χ2n) is 7.99. The normalized spacial score (nSPS) is 19.4. The van der Waals surface area contributed by atoms with Crippen molar-refractivity contribution in [2.75, 3.05) is 37.4 Å². The van der Waals surface area contributed by atoms with Gasteiger partial charge in [-0.1, -0.05) is 0 Å². The molecule has 2 bridgehead atoms. The number of carbonyl (C=O) groups is 2. The van der Waals surface area contributed by atoms with Crippen molar-refractivity contribution in [3.63, 3.8) is 0 Å². The van der Waals surface area contributed by atoms with Crippen molar-refractivity contribution < 1.29 is 27.5 Å². The Kier molecular flexibility index (Phi) is 6.66. The summed E-state index contributed by atoms with van der Waals surface area (Å²) in [5.74, 6) is -0.675. The molecule has 0 saturated heterocycles. The second-order valence-corrected chi connectivity index (χ2v) is 7.99. The van der Waals surface area contributed by atoms with E-state index in [0.29, 0.717) is 43.1 Å². The molecule has 1 unspecified atom stereocenters. The van der Waals surface area contributed by atoms with Crippen molar-refractivity contribution >= 4 is 35.4 Å². The van der Waals surface area contributed by atoms with Crippen LogP contribution in [-0.4, -0.2) is 59.6 Å². The molecule has 2 aliphatic rings. The number of ether oxygens (including phenoxy) is 1. The number of anilines is 2. The molecular weight excluding hydrogens is 453 g/mol. The van der Waals surface area contributed by atoms with Gasteiger partial charge in [0.15, 0.2) is 0 Å². The molecule has 0 fully saturated rings. The molecular formula is C22H23F3N6O3. The van der Waals surface area contributed by atoms with Gasteiger partial charge in [-0.05, 0) is 25.0 Å². The third-order valence-electron chi connectivity index (χ3n) is 5.50. The highest BCUT2D eigenvalue weighted by Gasteiger charge is 2.34. The fourth-order valence-electron chi connectivity index (χ4n) is 3.72. The lowest BCUT2D eigenvalue weighted by Crippen LogP contribution is -2.29. The average molecular weight is 476 g/mol. The maximum Gasteiger partial charge on any atom is 0.416 e. The van der Waals surface area contributed by atoms with E-state index in [1.54, 1.807) is 11.9 Å². The van der Waals surface area contributed by atoms with Crippen LogP contribution in [0.15, 0.2) is 29.5 Å². The molecule has 34 heavy (non-hydrogen) atoms. The Balaban J connectivity index is 1.71. The lowest BCUT2D eigenvalue weighted by molar-refractivity contribution is -0.137. The van der Waals surface area contributed by atoms with Gasteiger partial charge < -0.3 is 20.3 Å². The van der Waals surface area contributed by atoms with Crippen molar-refractivity contribution in [1.29, 1.82) is 0 Å². The third kappa shape index (κ3) is 5.26. The van der Waals surface area contributed by atoms with Gasteiger partial charge in [0, 0.05) is 38.8 Å². The van der Waals surface area contributed by atoms with Crippen LogP contribution in [0.3, 0.4) is 0 Å². The number of fused-ring (bicyclic) bond motifs is 2. The summed E-state index contributed by atoms with van der Waals surface area (Å²) in [7, 11) is 1.69. The third-order valence-corrected chi connectivity index (χ3v) is 5.50. The zero-order valence-electron chi connectivity index (χ0n) is 18.4. The number of alkyl halides is 3. The summed E-state index contributed by atoms with van der Waals surface area (Å²) in [5.41, 5.74) is -0.482. The zero-order chi connectivity index (χ0) is 24.3. The van der Waals surface area contributed by atoms with Crippen molar-refractivity contribution in [3.8, 4) is 5.75 Å². The molecule has 1 aromatic heterocycles. The highest BCUT2D eigenvalue weighted by molar-refractivity contribution is 6.13. The van der Waals surface area contributed by atoms with Gasteiger partial charge >= 0.3 is 6.18 Å². The maximum atomic E-state index is 13.4. The minimum atomic E-state index is -4.61. The monoisotopic (exact) mass is 476 g/mol. The van der Waals surface area contributed by atoms with Gasteiger partial charge in [-0.15, -0.1) is 0 Å². The van der Waals surface area contributed by atoms with Gasteiger partial charge in [0.1, 0.15) is 29.6 Å². The molecule has 1 aromatic carbocycles. The predicted molar refractivity (Wildman–Crippen MR) is 118 cm³/mol. The lowest BCUT2D eigenvalue weighted by Gasteiger charge is -2.18. The standard InChI is InChI=1S/C22H23F3N6O3/c1-31-6-3-5-26-19-18-16(21(33)30-20(18)29-12-28-19)11-27-14-8-13(22(23,24)25)9-15(10-14)34-7-2-4-17(31)32/h8-12,16H,2-7H2,1H3,(H2,26,28,29,30,33). The van der Waals surface area contributed by atoms with Gasteiger partial charge in [-0.3, -0.25) is 14.6 Å². The molecule has 2 amide bonds. The van der Waals surface area contributed by atoms with Crippen LogP contribution in [0.25, 0.3) is 0 Å². The van der Waals surface area contributed by atoms with E-state index in [0.717, 1.165) is 12.1 Å². The number of halogens is 3. The zero-order valence-corrected chi connectivity index (χ0v) is 18.4. The summed E-state index contributed by atoms with van der Waals surface area (Å²) in [5, 5.41) is 5.80. The van der Waals surface area contributed by atoms with E-state index in [9.17, 15) is 22.8 Å². The molecule has 2 N–H and O–H groups in total. The van der Waals surface area contributed by atoms with Crippen LogP contribution in [0.4, 0.5) is 30.5 Å². The summed E-state index contributed by atoms with van der Waals surface area (Å²) in [6.45, 7) is 1.06. The summed E-state index contributed by atoms with van der Waals surface area (Å²) in [6.07, 6.45) is -0.817. The highest BCUT2D eigenvalue weighted by atomic mass is 19.4. The SMILES string of the molecule is CN1CCCNc2ncnc3c2C(C=Nc2cc(cc(C(F)(F)F)c2)OCCCC1=O)C(=O)N3. The number of hydrogen-bond donors (Lipinski definition) is 2. The van der Waals surface area contributed by atoms with E-state index < -0.39 is 23.6 Å². The van der Waals surface area contributed by atoms with Gasteiger partial charge in [0.25, 0.3) is 0 Å². The molecule has 9 nitrogen and oxygen atoms in total. The number of amides is 2. The summed E-state index contributed by atoms with van der Waals surface area (Å²) >= 11 is 0. The first-order chi connectivity index (χ1) is 16.2. The van der Waals surface area contributed by atoms with Gasteiger partial charge in [-0.2, -0.15) is 13.2 Å².